The fraction of sp³-hybridized carbons (Fsp3) is 0.917. The third-order valence-corrected chi connectivity index (χ3v) is 4.45. The highest BCUT2D eigenvalue weighted by atomic mass is 32.1. The van der Waals surface area contributed by atoms with Crippen molar-refractivity contribution in [3.05, 3.63) is 0 Å². The summed E-state index contributed by atoms with van der Waals surface area (Å²) in [6.07, 6.45) is 8.13. The van der Waals surface area contributed by atoms with E-state index in [1.807, 2.05) is 0 Å². The van der Waals surface area contributed by atoms with Gasteiger partial charge >= 0.3 is 0 Å². The van der Waals surface area contributed by atoms with Gasteiger partial charge in [-0.25, -0.2) is 0 Å². The average molecular weight is 227 g/mol. The molecule has 0 radical (unpaired) electrons. The maximum absolute atomic E-state index is 12.1. The quantitative estimate of drug-likeness (QED) is 0.735. The zero-order valence-electron chi connectivity index (χ0n) is 9.37. The van der Waals surface area contributed by atoms with Gasteiger partial charge in [0, 0.05) is 19.5 Å². The van der Waals surface area contributed by atoms with E-state index in [9.17, 15) is 4.79 Å². The number of carbonyl (C=O) groups is 1. The minimum absolute atomic E-state index is 0.284. The maximum atomic E-state index is 12.1. The summed E-state index contributed by atoms with van der Waals surface area (Å²) < 4.78 is 0. The fourth-order valence-corrected chi connectivity index (χ4v) is 2.75. The number of carbonyl (C=O) groups excluding carboxylic acids is 1. The monoisotopic (exact) mass is 227 g/mol. The molecule has 0 aromatic carbocycles. The van der Waals surface area contributed by atoms with Gasteiger partial charge in [0.15, 0.2) is 0 Å². The van der Waals surface area contributed by atoms with Crippen LogP contribution in [0.2, 0.25) is 0 Å². The number of amides is 1. The number of hydrogen-bond donors (Lipinski definition) is 1. The lowest BCUT2D eigenvalue weighted by molar-refractivity contribution is -0.132. The Bertz CT molecular complexity index is 230. The lowest BCUT2D eigenvalue weighted by Gasteiger charge is -2.22. The highest BCUT2D eigenvalue weighted by Gasteiger charge is 2.43. The summed E-state index contributed by atoms with van der Waals surface area (Å²) in [5, 5.41) is 0. The van der Waals surface area contributed by atoms with Crippen LogP contribution in [0.1, 0.15) is 44.9 Å². The Hall–Kier alpha value is -0.180. The summed E-state index contributed by atoms with van der Waals surface area (Å²) in [7, 11) is 0. The summed E-state index contributed by atoms with van der Waals surface area (Å²) in [5.74, 6) is 1.26. The first kappa shape index (κ1) is 11.3. The normalized spacial score (nSPS) is 24.7. The molecule has 0 spiro atoms. The van der Waals surface area contributed by atoms with Crippen molar-refractivity contribution < 1.29 is 4.79 Å². The van der Waals surface area contributed by atoms with E-state index in [0.29, 0.717) is 5.91 Å². The molecule has 86 valence electrons. The van der Waals surface area contributed by atoms with Crippen LogP contribution in [0.5, 0.6) is 0 Å². The molecular weight excluding hydrogens is 206 g/mol. The summed E-state index contributed by atoms with van der Waals surface area (Å²) in [4.78, 5) is 14.1. The van der Waals surface area contributed by atoms with Gasteiger partial charge in [0.1, 0.15) is 0 Å². The van der Waals surface area contributed by atoms with Crippen molar-refractivity contribution in [2.45, 2.75) is 44.9 Å². The van der Waals surface area contributed by atoms with E-state index in [2.05, 4.69) is 17.5 Å². The predicted molar refractivity (Wildman–Crippen MR) is 65.2 cm³/mol. The Morgan fingerprint density at radius 1 is 1.13 bits per heavy atom. The van der Waals surface area contributed by atoms with Gasteiger partial charge in [-0.3, -0.25) is 4.79 Å². The van der Waals surface area contributed by atoms with Crippen LogP contribution in [0.4, 0.5) is 0 Å². The summed E-state index contributed by atoms with van der Waals surface area (Å²) >= 11 is 4.35. The van der Waals surface area contributed by atoms with Gasteiger partial charge in [-0.15, -0.1) is 0 Å². The molecule has 2 aliphatic rings. The van der Waals surface area contributed by atoms with Gasteiger partial charge in [0.25, 0.3) is 0 Å². The number of thiol groups is 1. The standard InChI is InChI=1S/C12H21NOS/c14-11(9-12(10-15)5-6-12)13-7-3-1-2-4-8-13/h15H,1-10H2. The average Bonchev–Trinajstić information content (AvgIpc) is 3.00. The van der Waals surface area contributed by atoms with Crippen molar-refractivity contribution in [2.24, 2.45) is 5.41 Å². The van der Waals surface area contributed by atoms with Crippen molar-refractivity contribution in [1.29, 1.82) is 0 Å². The second kappa shape index (κ2) is 4.77. The third kappa shape index (κ3) is 2.90. The van der Waals surface area contributed by atoms with E-state index < -0.39 is 0 Å². The third-order valence-electron chi connectivity index (χ3n) is 3.78. The minimum atomic E-state index is 0.284. The van der Waals surface area contributed by atoms with Crippen LogP contribution in [0.3, 0.4) is 0 Å². The van der Waals surface area contributed by atoms with Gasteiger partial charge in [-0.1, -0.05) is 12.8 Å². The van der Waals surface area contributed by atoms with E-state index in [-0.39, 0.29) is 5.41 Å². The smallest absolute Gasteiger partial charge is 0.223 e. The molecule has 2 nitrogen and oxygen atoms in total. The van der Waals surface area contributed by atoms with E-state index in [0.717, 1.165) is 25.3 Å². The van der Waals surface area contributed by atoms with E-state index >= 15 is 0 Å². The second-order valence-corrected chi connectivity index (χ2v) is 5.45. The first-order valence-electron chi connectivity index (χ1n) is 6.14. The van der Waals surface area contributed by atoms with Gasteiger partial charge < -0.3 is 4.90 Å². The molecule has 15 heavy (non-hydrogen) atoms. The molecule has 0 N–H and O–H groups in total. The molecule has 0 aromatic heterocycles. The zero-order valence-corrected chi connectivity index (χ0v) is 10.3. The second-order valence-electron chi connectivity index (χ2n) is 5.13. The Labute approximate surface area is 97.8 Å². The molecule has 3 heteroatoms. The molecule has 1 saturated carbocycles. The SMILES string of the molecule is O=C(CC1(CS)CC1)N1CCCCCC1. The number of nitrogens with zero attached hydrogens (tertiary/aromatic N) is 1. The first-order chi connectivity index (χ1) is 7.26. The highest BCUT2D eigenvalue weighted by Crippen LogP contribution is 2.49. The van der Waals surface area contributed by atoms with Crippen LogP contribution in [0, 0.1) is 5.41 Å². The molecule has 0 bridgehead atoms. The molecule has 0 unspecified atom stereocenters. The van der Waals surface area contributed by atoms with E-state index in [1.165, 1.54) is 38.5 Å². The Balaban J connectivity index is 1.83. The van der Waals surface area contributed by atoms with Crippen LogP contribution in [0.15, 0.2) is 0 Å². The summed E-state index contributed by atoms with van der Waals surface area (Å²) in [6, 6.07) is 0. The van der Waals surface area contributed by atoms with Gasteiger partial charge in [-0.2, -0.15) is 12.6 Å². The van der Waals surface area contributed by atoms with Gasteiger partial charge in [-0.05, 0) is 36.9 Å². The lowest BCUT2D eigenvalue weighted by atomic mass is 10.0. The zero-order chi connectivity index (χ0) is 10.7. The summed E-state index contributed by atoms with van der Waals surface area (Å²) in [6.45, 7) is 1.98. The number of hydrogen-bond acceptors (Lipinski definition) is 2. The van der Waals surface area contributed by atoms with Crippen LogP contribution < -0.4 is 0 Å². The van der Waals surface area contributed by atoms with Crippen LogP contribution in [-0.2, 0) is 4.79 Å². The molecule has 1 amide bonds. The van der Waals surface area contributed by atoms with Gasteiger partial charge in [0.05, 0.1) is 0 Å². The van der Waals surface area contributed by atoms with Crippen LogP contribution >= 0.6 is 12.6 Å². The van der Waals surface area contributed by atoms with Crippen molar-refractivity contribution in [3.63, 3.8) is 0 Å². The molecule has 2 fully saturated rings. The van der Waals surface area contributed by atoms with E-state index in [1.54, 1.807) is 0 Å². The molecule has 2 rings (SSSR count). The van der Waals surface area contributed by atoms with Crippen molar-refractivity contribution in [3.8, 4) is 0 Å². The topological polar surface area (TPSA) is 20.3 Å². The Kier molecular flexibility index (Phi) is 3.60. The maximum Gasteiger partial charge on any atom is 0.223 e. The van der Waals surface area contributed by atoms with Gasteiger partial charge in [0.2, 0.25) is 5.91 Å². The van der Waals surface area contributed by atoms with Crippen molar-refractivity contribution in [1.82, 2.24) is 4.90 Å². The molecule has 1 aliphatic heterocycles. The number of likely N-dealkylation sites (tertiary alicyclic amines) is 1. The minimum Gasteiger partial charge on any atom is -0.343 e. The first-order valence-corrected chi connectivity index (χ1v) is 6.78. The molecule has 0 atom stereocenters. The Morgan fingerprint density at radius 3 is 2.20 bits per heavy atom. The largest absolute Gasteiger partial charge is 0.343 e. The predicted octanol–water partition coefficient (Wildman–Crippen LogP) is 2.49. The highest BCUT2D eigenvalue weighted by molar-refractivity contribution is 7.80. The Morgan fingerprint density at radius 2 is 1.73 bits per heavy atom. The summed E-state index contributed by atoms with van der Waals surface area (Å²) in [5.41, 5.74) is 0.284. The molecular formula is C12H21NOS. The van der Waals surface area contributed by atoms with Crippen LogP contribution in [0.25, 0.3) is 0 Å². The fourth-order valence-electron chi connectivity index (χ4n) is 2.32. The van der Waals surface area contributed by atoms with Crippen molar-refractivity contribution in [2.75, 3.05) is 18.8 Å². The van der Waals surface area contributed by atoms with E-state index in [4.69, 9.17) is 0 Å². The molecule has 1 heterocycles. The van der Waals surface area contributed by atoms with Crippen LogP contribution in [-0.4, -0.2) is 29.6 Å². The molecule has 1 saturated heterocycles. The van der Waals surface area contributed by atoms with Crippen molar-refractivity contribution >= 4 is 18.5 Å². The lowest BCUT2D eigenvalue weighted by Crippen LogP contribution is -2.33. The molecule has 0 aromatic rings. The molecule has 1 aliphatic carbocycles. The number of rotatable bonds is 3.